The van der Waals surface area contributed by atoms with Gasteiger partial charge in [-0.3, -0.25) is 14.4 Å². The Labute approximate surface area is 301 Å². The Morgan fingerprint density at radius 3 is 0.882 bits per heavy atom. The second-order valence-electron chi connectivity index (χ2n) is 13.5. The Morgan fingerprint density at radius 1 is 0.392 bits per heavy atom. The van der Waals surface area contributed by atoms with E-state index in [0.717, 1.165) is 72.3 Å². The lowest BCUT2D eigenvalue weighted by molar-refractivity contribution is 0.0842. The van der Waals surface area contributed by atoms with Crippen molar-refractivity contribution in [1.82, 2.24) is 14.7 Å². The van der Waals surface area contributed by atoms with E-state index in [9.17, 15) is 0 Å². The first-order valence-electron chi connectivity index (χ1n) is 18.5. The van der Waals surface area contributed by atoms with Gasteiger partial charge in [0.15, 0.2) is 0 Å². The molecule has 0 aromatic heterocycles. The van der Waals surface area contributed by atoms with E-state index in [0.29, 0.717) is 53.0 Å². The van der Waals surface area contributed by atoms with E-state index >= 15 is 14.4 Å². The summed E-state index contributed by atoms with van der Waals surface area (Å²) in [6.07, 6.45) is 11.3. The van der Waals surface area contributed by atoms with Crippen LogP contribution >= 0.6 is 0 Å². The molecule has 51 heavy (non-hydrogen) atoms. The van der Waals surface area contributed by atoms with Gasteiger partial charge in [0.1, 0.15) is 0 Å². The van der Waals surface area contributed by atoms with Crippen LogP contribution in [0, 0.1) is 0 Å². The smallest absolute Gasteiger partial charge is 0.259 e. The Hall–Kier alpha value is -5.49. The first kappa shape index (κ1) is 34.0. The molecule has 0 aliphatic carbocycles. The van der Waals surface area contributed by atoms with E-state index in [1.807, 2.05) is 124 Å². The van der Waals surface area contributed by atoms with Crippen molar-refractivity contribution in [3.63, 3.8) is 0 Å². The molecule has 0 bridgehead atoms. The molecule has 0 fully saturated rings. The second kappa shape index (κ2) is 14.8. The fraction of sp³-hybridized carbons (Fsp3) is 0.267. The summed E-state index contributed by atoms with van der Waals surface area (Å²) in [6, 6.07) is 30.0. The molecule has 6 heteroatoms. The van der Waals surface area contributed by atoms with Gasteiger partial charge in [-0.15, -0.1) is 0 Å². The molecule has 0 N–H and O–H groups in total. The number of unbranched alkanes of at least 4 members (excludes halogenated alkanes) is 3. The summed E-state index contributed by atoms with van der Waals surface area (Å²) in [5, 5.41) is 0. The van der Waals surface area contributed by atoms with Crippen molar-refractivity contribution < 1.29 is 14.4 Å². The number of nitrogens with zero attached hydrogens (tertiary/aromatic N) is 3. The third kappa shape index (κ3) is 6.13. The molecule has 4 aromatic rings. The van der Waals surface area contributed by atoms with Gasteiger partial charge < -0.3 is 14.7 Å². The van der Waals surface area contributed by atoms with Crippen LogP contribution in [-0.4, -0.2) is 52.1 Å². The highest BCUT2D eigenvalue weighted by molar-refractivity contribution is 6.29. The number of hydrogen-bond donors (Lipinski definition) is 0. The molecular weight excluding hydrogens is 631 g/mol. The van der Waals surface area contributed by atoms with Gasteiger partial charge in [0.25, 0.3) is 17.7 Å². The van der Waals surface area contributed by atoms with Crippen LogP contribution in [0.5, 0.6) is 0 Å². The van der Waals surface area contributed by atoms with Crippen molar-refractivity contribution in [2.45, 2.75) is 59.3 Å². The Bertz CT molecular complexity index is 1800. The summed E-state index contributed by atoms with van der Waals surface area (Å²) in [5.41, 5.74) is 8.28. The van der Waals surface area contributed by atoms with Crippen LogP contribution in [0.3, 0.4) is 0 Å². The monoisotopic (exact) mass is 675 g/mol. The number of benzene rings is 4. The van der Waals surface area contributed by atoms with Crippen LogP contribution in [0.15, 0.2) is 91.0 Å². The van der Waals surface area contributed by atoms with Gasteiger partial charge in [0, 0.05) is 36.3 Å². The minimum atomic E-state index is -0.155. The molecule has 0 unspecified atom stereocenters. The van der Waals surface area contributed by atoms with Gasteiger partial charge in [0.2, 0.25) is 0 Å². The molecule has 3 aliphatic rings. The van der Waals surface area contributed by atoms with Crippen molar-refractivity contribution in [3.8, 4) is 0 Å². The van der Waals surface area contributed by atoms with E-state index in [1.165, 1.54) is 0 Å². The Balaban J connectivity index is 1.62. The standard InChI is InChI=1S/C45H45N3O3/c1-4-7-25-46-34(28-31-19-13-10-14-20-31)37-40(43(46)49)38-35(29-32-21-15-11-16-22-32)47(26-8-5-2)45(51)42(38)39-36(30-33-23-17-12-18-24-33)48(27-9-6-3)44(50)41(37)39/h10-24,28-30H,4-9,25-27H2,1-3H3/b34-28+,35-29+,36-30+. The third-order valence-corrected chi connectivity index (χ3v) is 10.0. The maximum absolute atomic E-state index is 15.0. The van der Waals surface area contributed by atoms with Crippen molar-refractivity contribution in [2.75, 3.05) is 19.6 Å². The third-order valence-electron chi connectivity index (χ3n) is 10.0. The molecule has 0 radical (unpaired) electrons. The topological polar surface area (TPSA) is 60.9 Å². The molecule has 0 atom stereocenters. The molecule has 7 rings (SSSR count). The van der Waals surface area contributed by atoms with Crippen LogP contribution < -0.4 is 0 Å². The zero-order chi connectivity index (χ0) is 35.5. The van der Waals surface area contributed by atoms with Gasteiger partial charge in [0.05, 0.1) is 33.8 Å². The summed E-state index contributed by atoms with van der Waals surface area (Å²) in [7, 11) is 0. The molecular formula is C45H45N3O3. The van der Waals surface area contributed by atoms with Crippen molar-refractivity contribution in [2.24, 2.45) is 0 Å². The Morgan fingerprint density at radius 2 is 0.647 bits per heavy atom. The lowest BCUT2D eigenvalue weighted by atomic mass is 9.86. The normalized spacial score (nSPS) is 17.4. The quantitative estimate of drug-likeness (QED) is 0.150. The summed E-state index contributed by atoms with van der Waals surface area (Å²) in [4.78, 5) is 50.6. The van der Waals surface area contributed by atoms with Gasteiger partial charge in [-0.25, -0.2) is 0 Å². The van der Waals surface area contributed by atoms with E-state index in [-0.39, 0.29) is 17.7 Å². The average molecular weight is 676 g/mol. The van der Waals surface area contributed by atoms with Crippen molar-refractivity contribution in [3.05, 3.63) is 141 Å². The zero-order valence-electron chi connectivity index (χ0n) is 29.8. The fourth-order valence-corrected chi connectivity index (χ4v) is 7.48. The fourth-order valence-electron chi connectivity index (χ4n) is 7.48. The maximum Gasteiger partial charge on any atom is 0.259 e. The maximum atomic E-state index is 15.0. The van der Waals surface area contributed by atoms with E-state index in [4.69, 9.17) is 0 Å². The molecule has 3 heterocycles. The summed E-state index contributed by atoms with van der Waals surface area (Å²) >= 11 is 0. The van der Waals surface area contributed by atoms with Crippen LogP contribution in [0.25, 0.3) is 35.3 Å². The number of carbonyl (C=O) groups excluding carboxylic acids is 3. The molecule has 6 nitrogen and oxygen atoms in total. The highest BCUT2D eigenvalue weighted by atomic mass is 16.2. The minimum Gasteiger partial charge on any atom is -0.308 e. The second-order valence-corrected chi connectivity index (χ2v) is 13.5. The average Bonchev–Trinajstić information content (AvgIpc) is 3.69. The van der Waals surface area contributed by atoms with Crippen LogP contribution in [0.1, 0.15) is 124 Å². The van der Waals surface area contributed by atoms with E-state index < -0.39 is 0 Å². The van der Waals surface area contributed by atoms with Gasteiger partial charge in [-0.05, 0) is 54.2 Å². The van der Waals surface area contributed by atoms with Gasteiger partial charge in [-0.1, -0.05) is 131 Å². The van der Waals surface area contributed by atoms with Crippen LogP contribution in [-0.2, 0) is 0 Å². The molecule has 4 aromatic carbocycles. The number of rotatable bonds is 12. The Kier molecular flexibility index (Phi) is 9.85. The number of fused-ring (bicyclic) bond motifs is 6. The molecule has 0 saturated carbocycles. The predicted molar refractivity (Wildman–Crippen MR) is 207 cm³/mol. The first-order chi connectivity index (χ1) is 25.0. The molecule has 0 saturated heterocycles. The predicted octanol–water partition coefficient (Wildman–Crippen LogP) is 9.95. The number of amides is 3. The summed E-state index contributed by atoms with van der Waals surface area (Å²) in [6.45, 7) is 7.88. The summed E-state index contributed by atoms with van der Waals surface area (Å²) < 4.78 is 0. The number of hydrogen-bond acceptors (Lipinski definition) is 3. The SMILES string of the molecule is CCCCN1C(=O)c2c(c3c(c4c2/C(=C\c2ccccc2)N(CCCC)C4=O)/C(=C\c2ccccc2)N(CCCC)C3=O)/C1=C\c1ccccc1. The largest absolute Gasteiger partial charge is 0.308 e. The highest BCUT2D eigenvalue weighted by Crippen LogP contribution is 2.53. The number of carbonyl (C=O) groups is 3. The van der Waals surface area contributed by atoms with Crippen LogP contribution in [0.4, 0.5) is 0 Å². The highest BCUT2D eigenvalue weighted by Gasteiger charge is 2.51. The van der Waals surface area contributed by atoms with E-state index in [1.54, 1.807) is 0 Å². The van der Waals surface area contributed by atoms with E-state index in [2.05, 4.69) is 20.8 Å². The van der Waals surface area contributed by atoms with Crippen LogP contribution in [0.2, 0.25) is 0 Å². The van der Waals surface area contributed by atoms with Gasteiger partial charge in [-0.2, -0.15) is 0 Å². The molecule has 3 amide bonds. The zero-order valence-corrected chi connectivity index (χ0v) is 29.8. The van der Waals surface area contributed by atoms with Crippen molar-refractivity contribution in [1.29, 1.82) is 0 Å². The summed E-state index contributed by atoms with van der Waals surface area (Å²) in [5.74, 6) is -0.466. The molecule has 0 spiro atoms. The minimum absolute atomic E-state index is 0.155. The molecule has 258 valence electrons. The molecule has 3 aliphatic heterocycles. The first-order valence-corrected chi connectivity index (χ1v) is 18.5. The van der Waals surface area contributed by atoms with Gasteiger partial charge >= 0.3 is 0 Å². The lowest BCUT2D eigenvalue weighted by Gasteiger charge is -2.19. The lowest BCUT2D eigenvalue weighted by Crippen LogP contribution is -2.25. The van der Waals surface area contributed by atoms with Crippen molar-refractivity contribution >= 4 is 53.0 Å².